The van der Waals surface area contributed by atoms with Crippen LogP contribution in [-0.2, 0) is 0 Å². The van der Waals surface area contributed by atoms with Crippen LogP contribution in [0.15, 0.2) is 0 Å². The maximum absolute atomic E-state index is 4.87. The van der Waals surface area contributed by atoms with Crippen LogP contribution in [0.3, 0.4) is 0 Å². The van der Waals surface area contributed by atoms with Gasteiger partial charge in [0, 0.05) is 0 Å². The van der Waals surface area contributed by atoms with Gasteiger partial charge in [-0.1, -0.05) is 0 Å². The molecule has 0 aliphatic heterocycles. The molecule has 0 fully saturated rings. The molecule has 0 nitrogen and oxygen atoms in total. The fourth-order valence-corrected chi connectivity index (χ4v) is 0. The number of hydrogen-bond donors (Lipinski definition) is 0. The molecule has 0 aliphatic carbocycles. The molecule has 3 heteroatoms. The molecule has 0 aliphatic rings. The zero-order valence-electron chi connectivity index (χ0n) is 2.56. The van der Waals surface area contributed by atoms with E-state index in [0.717, 1.165) is 0 Å². The van der Waals surface area contributed by atoms with Gasteiger partial charge in [-0.15, -0.1) is 0 Å². The third-order valence-electron chi connectivity index (χ3n) is 0.136. The number of rotatable bonds is 1. The Morgan fingerprint density at radius 3 is 2.25 bits per heavy atom. The Balaban J connectivity index is 2.30. The van der Waals surface area contributed by atoms with Crippen molar-refractivity contribution in [2.75, 3.05) is 6.26 Å². The van der Waals surface area contributed by atoms with E-state index in [1.54, 1.807) is 6.08 Å². The predicted molar refractivity (Wildman–Crippen MR) is 25.0 cm³/mol. The van der Waals surface area contributed by atoms with Crippen LogP contribution in [0.2, 0.25) is 0 Å². The van der Waals surface area contributed by atoms with Gasteiger partial charge >= 0.3 is 31.3 Å². The van der Waals surface area contributed by atoms with Crippen LogP contribution in [0.1, 0.15) is 0 Å². The van der Waals surface area contributed by atoms with Gasteiger partial charge in [0.15, 0.2) is 0 Å². The van der Waals surface area contributed by atoms with E-state index in [0.29, 0.717) is 0 Å². The van der Waals surface area contributed by atoms with Crippen LogP contribution >= 0.6 is 11.6 Å². The zero-order valence-corrected chi connectivity index (χ0v) is 3.38. The summed E-state index contributed by atoms with van der Waals surface area (Å²) in [7, 11) is 4.87. The van der Waals surface area contributed by atoms with Crippen molar-refractivity contribution < 1.29 is 0 Å². The summed E-state index contributed by atoms with van der Waals surface area (Å²) in [5.41, 5.74) is 0. The van der Waals surface area contributed by atoms with E-state index in [4.69, 9.17) is 7.37 Å². The van der Waals surface area contributed by atoms with Gasteiger partial charge in [-0.05, 0) is 0 Å². The Morgan fingerprint density at radius 1 is 2.00 bits per heavy atom. The van der Waals surface area contributed by atoms with Gasteiger partial charge in [-0.25, -0.2) is 0 Å². The van der Waals surface area contributed by atoms with Crippen LogP contribution in [0.5, 0.6) is 0 Å². The molecule has 0 aromatic rings. The first-order chi connectivity index (χ1) is 1.91. The summed E-state index contributed by atoms with van der Waals surface area (Å²) in [4.78, 5) is 0. The first kappa shape index (κ1) is 4.48. The first-order valence-electron chi connectivity index (χ1n) is 0.977. The van der Waals surface area contributed by atoms with Crippen molar-refractivity contribution in [3.05, 3.63) is 0 Å². The van der Waals surface area contributed by atoms with Crippen molar-refractivity contribution in [3.63, 3.8) is 0 Å². The molecule has 0 unspecified atom stereocenters. The molecule has 0 amide bonds. The molecule has 0 saturated carbocycles. The molecule has 0 aromatic heterocycles. The third-order valence-corrected chi connectivity index (χ3v) is 0.408. The normalized spacial score (nSPS) is 5.00. The molecule has 1 radical (unpaired) electrons. The van der Waals surface area contributed by atoms with Crippen LogP contribution in [0.4, 0.5) is 0 Å². The van der Waals surface area contributed by atoms with Gasteiger partial charge in [-0.2, -0.15) is 0 Å². The summed E-state index contributed by atoms with van der Waals surface area (Å²) in [6.45, 7) is 0. The second kappa shape index (κ2) is 3.48. The molecule has 0 aromatic carbocycles. The summed E-state index contributed by atoms with van der Waals surface area (Å²) >= 11 is 1.51. The van der Waals surface area contributed by atoms with Crippen molar-refractivity contribution in [2.24, 2.45) is 0 Å². The van der Waals surface area contributed by atoms with Gasteiger partial charge in [0.05, 0.1) is 0 Å². The van der Waals surface area contributed by atoms with Crippen molar-refractivity contribution in [3.8, 4) is 0 Å². The molecule has 0 saturated heterocycles. The van der Waals surface area contributed by atoms with Crippen LogP contribution in [-0.4, -0.2) is 19.7 Å². The fourth-order valence-electron chi connectivity index (χ4n) is 0. The SMILES string of the molecule is [B]=BSC. The minimum absolute atomic E-state index is 1.51. The summed E-state index contributed by atoms with van der Waals surface area (Å²) in [5.74, 6) is 0. The van der Waals surface area contributed by atoms with Gasteiger partial charge in [0.2, 0.25) is 0 Å². The van der Waals surface area contributed by atoms with Gasteiger partial charge < -0.3 is 0 Å². The van der Waals surface area contributed by atoms with E-state index >= 15 is 0 Å². The maximum atomic E-state index is 4.87. The molecule has 0 spiro atoms. The van der Waals surface area contributed by atoms with E-state index in [9.17, 15) is 0 Å². The molecule has 0 rings (SSSR count). The molecule has 19 valence electrons. The summed E-state index contributed by atoms with van der Waals surface area (Å²) in [6.07, 6.45) is 3.46. The predicted octanol–water partition coefficient (Wildman–Crippen LogP) is 0.0521. The summed E-state index contributed by atoms with van der Waals surface area (Å²) in [6, 6.07) is 0. The van der Waals surface area contributed by atoms with Crippen molar-refractivity contribution in [1.82, 2.24) is 0 Å². The number of hydrogen-bond acceptors (Lipinski definition) is 1. The molecule has 4 heavy (non-hydrogen) atoms. The monoisotopic (exact) mass is 69.0 g/mol. The molecule has 0 N–H and O–H groups in total. The topological polar surface area (TPSA) is 0 Å². The van der Waals surface area contributed by atoms with Crippen LogP contribution in [0.25, 0.3) is 0 Å². The second-order valence-corrected chi connectivity index (χ2v) is 1.12. The van der Waals surface area contributed by atoms with Crippen molar-refractivity contribution in [1.29, 1.82) is 0 Å². The minimum atomic E-state index is 1.51. The van der Waals surface area contributed by atoms with E-state index in [1.165, 1.54) is 11.6 Å². The van der Waals surface area contributed by atoms with Crippen molar-refractivity contribution in [2.45, 2.75) is 0 Å². The Labute approximate surface area is 32.1 Å². The Morgan fingerprint density at radius 2 is 2.25 bits per heavy atom. The fraction of sp³-hybridized carbons (Fsp3) is 1.00. The average Bonchev–Trinajstić information content (AvgIpc) is 1.37. The molecule has 0 atom stereocenters. The van der Waals surface area contributed by atoms with Gasteiger partial charge in [0.1, 0.15) is 0 Å². The Bertz CT molecular complexity index is 20.0. The van der Waals surface area contributed by atoms with E-state index in [2.05, 4.69) is 0 Å². The van der Waals surface area contributed by atoms with E-state index < -0.39 is 0 Å². The van der Waals surface area contributed by atoms with Crippen LogP contribution in [0, 0.1) is 0 Å². The Hall–Kier alpha value is 0.480. The standard InChI is InChI=1S/CH3B2S/c1-4-3-2/h1H3. The summed E-state index contributed by atoms with van der Waals surface area (Å²) < 4.78 is 0. The summed E-state index contributed by atoms with van der Waals surface area (Å²) in [5, 5.41) is 0. The van der Waals surface area contributed by atoms with Gasteiger partial charge in [-0.3, -0.25) is 0 Å². The molecular formula is CH3B2S. The van der Waals surface area contributed by atoms with E-state index in [-0.39, 0.29) is 0 Å². The second-order valence-electron chi connectivity index (χ2n) is 0.372. The van der Waals surface area contributed by atoms with Crippen molar-refractivity contribution >= 4 is 25.1 Å². The quantitative estimate of drug-likeness (QED) is 0.392. The Kier molecular flexibility index (Phi) is 3.90. The average molecular weight is 68.7 g/mol. The van der Waals surface area contributed by atoms with E-state index in [1.807, 2.05) is 6.26 Å². The zero-order chi connectivity index (χ0) is 3.41. The molecule has 0 bridgehead atoms. The van der Waals surface area contributed by atoms with Crippen LogP contribution < -0.4 is 0 Å². The third kappa shape index (κ3) is 2.48. The first-order valence-corrected chi connectivity index (χ1v) is 2.27. The molecule has 0 heterocycles. The van der Waals surface area contributed by atoms with Gasteiger partial charge in [0.25, 0.3) is 0 Å². The molecular weight excluding hydrogens is 65.7 g/mol.